The first-order chi connectivity index (χ1) is 11.4. The van der Waals surface area contributed by atoms with Gasteiger partial charge in [-0.15, -0.1) is 11.3 Å². The molecule has 2 heterocycles. The second kappa shape index (κ2) is 4.90. The van der Waals surface area contributed by atoms with Gasteiger partial charge in [-0.05, 0) is 11.5 Å². The Morgan fingerprint density at radius 1 is 0.609 bits per heavy atom. The smallest absolute Gasteiger partial charge is 0.125 e. The van der Waals surface area contributed by atoms with Crippen molar-refractivity contribution in [1.82, 2.24) is 4.98 Å². The summed E-state index contributed by atoms with van der Waals surface area (Å²) in [4.78, 5) is 6.14. The zero-order chi connectivity index (χ0) is 15.2. The molecular formula is C21H13NS. The van der Waals surface area contributed by atoms with E-state index in [1.54, 1.807) is 11.3 Å². The van der Waals surface area contributed by atoms with E-state index in [2.05, 4.69) is 72.8 Å². The Hall–Kier alpha value is -2.71. The third-order valence-electron chi connectivity index (χ3n) is 4.29. The quantitative estimate of drug-likeness (QED) is 0.355. The highest BCUT2D eigenvalue weighted by atomic mass is 32.1. The summed E-state index contributed by atoms with van der Waals surface area (Å²) < 4.78 is 1.30. The summed E-state index contributed by atoms with van der Waals surface area (Å²) in [5.74, 6) is 0. The predicted molar refractivity (Wildman–Crippen MR) is 100 cm³/mol. The molecule has 0 atom stereocenters. The third kappa shape index (κ3) is 1.89. The van der Waals surface area contributed by atoms with Crippen LogP contribution in [0.2, 0.25) is 0 Å². The van der Waals surface area contributed by atoms with E-state index in [1.165, 1.54) is 31.8 Å². The second-order valence-corrected chi connectivity index (χ2v) is 6.68. The molecule has 0 aliphatic carbocycles. The molecule has 5 aromatic rings. The number of hydrogen-bond acceptors (Lipinski definition) is 2. The van der Waals surface area contributed by atoms with E-state index >= 15 is 0 Å². The highest BCUT2D eigenvalue weighted by molar-refractivity contribution is 7.25. The fraction of sp³-hybridized carbons (Fsp3) is 0. The Balaban J connectivity index is 2.02. The monoisotopic (exact) mass is 311 g/mol. The van der Waals surface area contributed by atoms with E-state index in [-0.39, 0.29) is 0 Å². The van der Waals surface area contributed by atoms with Crippen LogP contribution in [0.1, 0.15) is 0 Å². The first-order valence-corrected chi connectivity index (χ1v) is 8.49. The van der Waals surface area contributed by atoms with Gasteiger partial charge >= 0.3 is 0 Å². The number of aromatic nitrogens is 1. The summed E-state index contributed by atoms with van der Waals surface area (Å²) >= 11 is 1.77. The van der Waals surface area contributed by atoms with E-state index in [0.29, 0.717) is 0 Å². The van der Waals surface area contributed by atoms with Crippen LogP contribution >= 0.6 is 11.3 Å². The van der Waals surface area contributed by atoms with Crippen molar-refractivity contribution in [2.75, 3.05) is 0 Å². The summed E-state index contributed by atoms with van der Waals surface area (Å²) in [5, 5.41) is 5.08. The molecule has 0 aliphatic heterocycles. The molecule has 5 rings (SSSR count). The number of pyridine rings is 1. The van der Waals surface area contributed by atoms with Gasteiger partial charge in [-0.2, -0.15) is 0 Å². The number of thiophene rings is 1. The van der Waals surface area contributed by atoms with Gasteiger partial charge in [-0.3, -0.25) is 0 Å². The lowest BCUT2D eigenvalue weighted by atomic mass is 10.0. The second-order valence-electron chi connectivity index (χ2n) is 5.65. The molecular weight excluding hydrogens is 298 g/mol. The first kappa shape index (κ1) is 12.8. The van der Waals surface area contributed by atoms with Crippen molar-refractivity contribution in [1.29, 1.82) is 0 Å². The van der Waals surface area contributed by atoms with Crippen LogP contribution in [0.5, 0.6) is 0 Å². The third-order valence-corrected chi connectivity index (χ3v) is 5.35. The van der Waals surface area contributed by atoms with Crippen molar-refractivity contribution in [3.05, 3.63) is 78.9 Å². The molecule has 2 heteroatoms. The molecule has 0 spiro atoms. The van der Waals surface area contributed by atoms with Crippen LogP contribution in [0.15, 0.2) is 78.9 Å². The zero-order valence-corrected chi connectivity index (χ0v) is 13.2. The maximum atomic E-state index is 5.03. The first-order valence-electron chi connectivity index (χ1n) is 7.67. The molecule has 0 saturated carbocycles. The fourth-order valence-electron chi connectivity index (χ4n) is 3.26. The average molecular weight is 311 g/mol. The fourth-order valence-corrected chi connectivity index (χ4v) is 4.35. The molecule has 0 unspecified atom stereocenters. The van der Waals surface area contributed by atoms with Crippen molar-refractivity contribution in [3.8, 4) is 11.3 Å². The summed E-state index contributed by atoms with van der Waals surface area (Å²) in [6.07, 6.45) is 0. The molecule has 0 radical (unpaired) electrons. The maximum absolute atomic E-state index is 5.03. The number of nitrogens with zero attached hydrogens (tertiary/aromatic N) is 1. The minimum atomic E-state index is 1.07. The Morgan fingerprint density at radius 2 is 1.26 bits per heavy atom. The van der Waals surface area contributed by atoms with Gasteiger partial charge in [0, 0.05) is 26.4 Å². The topological polar surface area (TPSA) is 12.9 Å². The highest BCUT2D eigenvalue weighted by Gasteiger charge is 2.14. The van der Waals surface area contributed by atoms with Crippen LogP contribution < -0.4 is 0 Å². The summed E-state index contributed by atoms with van der Waals surface area (Å²) in [6, 6.07) is 27.6. The predicted octanol–water partition coefficient (Wildman–Crippen LogP) is 6.27. The zero-order valence-electron chi connectivity index (χ0n) is 12.4. The van der Waals surface area contributed by atoms with Crippen molar-refractivity contribution in [2.24, 2.45) is 0 Å². The highest BCUT2D eigenvalue weighted by Crippen LogP contribution is 2.40. The SMILES string of the molecule is c1ccc(-c2nc3sc4ccccc4c3c3ccccc23)cc1. The molecule has 0 saturated heterocycles. The number of rotatable bonds is 1. The van der Waals surface area contributed by atoms with Gasteiger partial charge in [0.15, 0.2) is 0 Å². The molecule has 0 bridgehead atoms. The van der Waals surface area contributed by atoms with Crippen LogP contribution in [-0.4, -0.2) is 4.98 Å². The lowest BCUT2D eigenvalue weighted by molar-refractivity contribution is 1.46. The van der Waals surface area contributed by atoms with Crippen LogP contribution in [0.25, 0.3) is 42.3 Å². The van der Waals surface area contributed by atoms with Gasteiger partial charge in [0.25, 0.3) is 0 Å². The van der Waals surface area contributed by atoms with E-state index in [9.17, 15) is 0 Å². The van der Waals surface area contributed by atoms with E-state index < -0.39 is 0 Å². The average Bonchev–Trinajstić information content (AvgIpc) is 3.00. The van der Waals surface area contributed by atoms with Crippen molar-refractivity contribution in [3.63, 3.8) is 0 Å². The lowest BCUT2D eigenvalue weighted by Gasteiger charge is -2.07. The Kier molecular flexibility index (Phi) is 2.73. The summed E-state index contributed by atoms with van der Waals surface area (Å²) in [7, 11) is 0. The maximum Gasteiger partial charge on any atom is 0.125 e. The largest absolute Gasteiger partial charge is 0.236 e. The number of benzene rings is 3. The molecule has 0 N–H and O–H groups in total. The van der Waals surface area contributed by atoms with Crippen molar-refractivity contribution >= 4 is 42.4 Å². The van der Waals surface area contributed by atoms with E-state index in [0.717, 1.165) is 10.5 Å². The van der Waals surface area contributed by atoms with Crippen LogP contribution in [0.4, 0.5) is 0 Å². The number of fused-ring (bicyclic) bond motifs is 5. The van der Waals surface area contributed by atoms with Crippen molar-refractivity contribution < 1.29 is 0 Å². The Bertz CT molecular complexity index is 1160. The molecule has 2 aromatic heterocycles. The summed E-state index contributed by atoms with van der Waals surface area (Å²) in [5.41, 5.74) is 2.24. The molecule has 0 aliphatic rings. The van der Waals surface area contributed by atoms with E-state index in [4.69, 9.17) is 4.98 Å². The Labute approximate surface area is 137 Å². The van der Waals surface area contributed by atoms with Crippen LogP contribution in [0.3, 0.4) is 0 Å². The lowest BCUT2D eigenvalue weighted by Crippen LogP contribution is -1.87. The Morgan fingerprint density at radius 3 is 2.09 bits per heavy atom. The molecule has 0 amide bonds. The van der Waals surface area contributed by atoms with Crippen LogP contribution in [0, 0.1) is 0 Å². The molecule has 23 heavy (non-hydrogen) atoms. The summed E-state index contributed by atoms with van der Waals surface area (Å²) in [6.45, 7) is 0. The number of hydrogen-bond donors (Lipinski definition) is 0. The normalized spacial score (nSPS) is 11.5. The molecule has 0 fully saturated rings. The van der Waals surface area contributed by atoms with Gasteiger partial charge in [0.05, 0.1) is 5.69 Å². The van der Waals surface area contributed by atoms with Gasteiger partial charge in [-0.25, -0.2) is 4.98 Å². The van der Waals surface area contributed by atoms with Gasteiger partial charge in [0.2, 0.25) is 0 Å². The molecule has 108 valence electrons. The van der Waals surface area contributed by atoms with Crippen LogP contribution in [-0.2, 0) is 0 Å². The van der Waals surface area contributed by atoms with Crippen molar-refractivity contribution in [2.45, 2.75) is 0 Å². The molecule has 1 nitrogen and oxygen atoms in total. The minimum Gasteiger partial charge on any atom is -0.236 e. The van der Waals surface area contributed by atoms with Gasteiger partial charge in [0.1, 0.15) is 4.83 Å². The van der Waals surface area contributed by atoms with E-state index in [1.807, 2.05) is 6.07 Å². The van der Waals surface area contributed by atoms with Gasteiger partial charge < -0.3 is 0 Å². The van der Waals surface area contributed by atoms with Gasteiger partial charge in [-0.1, -0.05) is 72.8 Å². The minimum absolute atomic E-state index is 1.07. The standard InChI is InChI=1S/C21H13NS/c1-2-8-14(9-3-1)20-16-11-5-4-10-15(16)19-17-12-6-7-13-18(17)23-21(19)22-20/h1-13H. The molecule has 3 aromatic carbocycles.